The Morgan fingerprint density at radius 3 is 2.48 bits per heavy atom. The molecule has 1 amide bonds. The second-order valence-electron chi connectivity index (χ2n) is 8.06. The number of nitrogens with one attached hydrogen (secondary N) is 1. The Balaban J connectivity index is 1.36. The van der Waals surface area contributed by atoms with Crippen LogP contribution >= 0.6 is 0 Å². The van der Waals surface area contributed by atoms with Crippen molar-refractivity contribution in [2.75, 3.05) is 0 Å². The van der Waals surface area contributed by atoms with Crippen molar-refractivity contribution in [3.63, 3.8) is 0 Å². The van der Waals surface area contributed by atoms with E-state index in [9.17, 15) is 4.79 Å². The zero-order chi connectivity index (χ0) is 18.6. The number of carbonyl (C=O) groups is 1. The minimum Gasteiger partial charge on any atom is -0.459 e. The zero-order valence-corrected chi connectivity index (χ0v) is 15.7. The largest absolute Gasteiger partial charge is 0.459 e. The maximum absolute atomic E-state index is 12.6. The van der Waals surface area contributed by atoms with E-state index in [1.165, 1.54) is 25.7 Å². The maximum atomic E-state index is 12.6. The summed E-state index contributed by atoms with van der Waals surface area (Å²) >= 11 is 0. The van der Waals surface area contributed by atoms with Crippen molar-refractivity contribution in [3.05, 3.63) is 47.2 Å². The van der Waals surface area contributed by atoms with Gasteiger partial charge in [0, 0.05) is 12.5 Å². The van der Waals surface area contributed by atoms with Crippen molar-refractivity contribution in [1.82, 2.24) is 5.32 Å². The summed E-state index contributed by atoms with van der Waals surface area (Å²) < 4.78 is 11.9. The predicted octanol–water partition coefficient (Wildman–Crippen LogP) is 3.41. The van der Waals surface area contributed by atoms with E-state index in [-0.39, 0.29) is 24.8 Å². The fourth-order valence-corrected chi connectivity index (χ4v) is 4.05. The molecular weight excluding hydrogens is 342 g/mol. The molecule has 0 radical (unpaired) electrons. The Kier molecular flexibility index (Phi) is 5.79. The molecule has 146 valence electrons. The molecule has 4 rings (SSSR count). The SMILES string of the molecule is O=C(NC1CCCC1)C1=C[C@@H](C2CC2)C[C@@H](OCc2ccc(CO)cc2)O1. The van der Waals surface area contributed by atoms with E-state index >= 15 is 0 Å². The van der Waals surface area contributed by atoms with E-state index in [0.29, 0.717) is 24.2 Å². The van der Waals surface area contributed by atoms with Crippen molar-refractivity contribution < 1.29 is 19.4 Å². The third-order valence-electron chi connectivity index (χ3n) is 5.87. The van der Waals surface area contributed by atoms with E-state index in [4.69, 9.17) is 14.6 Å². The van der Waals surface area contributed by atoms with E-state index in [1.807, 2.05) is 30.3 Å². The molecule has 5 heteroatoms. The maximum Gasteiger partial charge on any atom is 0.286 e. The monoisotopic (exact) mass is 371 g/mol. The molecule has 2 atom stereocenters. The van der Waals surface area contributed by atoms with Gasteiger partial charge in [0.15, 0.2) is 5.76 Å². The highest BCUT2D eigenvalue weighted by atomic mass is 16.7. The molecule has 27 heavy (non-hydrogen) atoms. The zero-order valence-electron chi connectivity index (χ0n) is 15.7. The number of carbonyl (C=O) groups excluding carboxylic acids is 1. The Bertz CT molecular complexity index is 674. The van der Waals surface area contributed by atoms with Crippen LogP contribution in [0.15, 0.2) is 36.1 Å². The van der Waals surface area contributed by atoms with Gasteiger partial charge in [-0.2, -0.15) is 0 Å². The molecule has 2 aliphatic carbocycles. The quantitative estimate of drug-likeness (QED) is 0.771. The molecule has 2 fully saturated rings. The summed E-state index contributed by atoms with van der Waals surface area (Å²) in [6.45, 7) is 0.478. The Labute approximate surface area is 160 Å². The molecule has 1 heterocycles. The highest BCUT2D eigenvalue weighted by Gasteiger charge is 2.37. The van der Waals surface area contributed by atoms with E-state index in [2.05, 4.69) is 5.32 Å². The van der Waals surface area contributed by atoms with Gasteiger partial charge in [-0.25, -0.2) is 0 Å². The molecule has 0 unspecified atom stereocenters. The van der Waals surface area contributed by atoms with Crippen molar-refractivity contribution in [1.29, 1.82) is 0 Å². The van der Waals surface area contributed by atoms with Gasteiger partial charge in [0.25, 0.3) is 5.91 Å². The summed E-state index contributed by atoms with van der Waals surface area (Å²) in [6.07, 6.45) is 9.41. The van der Waals surface area contributed by atoms with Crippen LogP contribution in [0.4, 0.5) is 0 Å². The Hall–Kier alpha value is -1.85. The summed E-state index contributed by atoms with van der Waals surface area (Å²) in [5.41, 5.74) is 1.92. The van der Waals surface area contributed by atoms with Crippen LogP contribution in [0.1, 0.15) is 56.1 Å². The molecule has 1 aromatic rings. The van der Waals surface area contributed by atoms with Gasteiger partial charge in [0.1, 0.15) is 0 Å². The normalized spacial score (nSPS) is 25.7. The average Bonchev–Trinajstić information content (AvgIpc) is 3.44. The Morgan fingerprint density at radius 1 is 1.11 bits per heavy atom. The number of allylic oxidation sites excluding steroid dienone is 1. The van der Waals surface area contributed by atoms with E-state index in [1.54, 1.807) is 0 Å². The number of benzene rings is 1. The van der Waals surface area contributed by atoms with Crippen molar-refractivity contribution in [3.8, 4) is 0 Å². The second kappa shape index (κ2) is 8.44. The topological polar surface area (TPSA) is 67.8 Å². The highest BCUT2D eigenvalue weighted by Crippen LogP contribution is 2.42. The van der Waals surface area contributed by atoms with Gasteiger partial charge < -0.3 is 19.9 Å². The highest BCUT2D eigenvalue weighted by molar-refractivity contribution is 5.91. The molecule has 1 aromatic carbocycles. The van der Waals surface area contributed by atoms with E-state index in [0.717, 1.165) is 30.4 Å². The molecule has 2 saturated carbocycles. The average molecular weight is 371 g/mol. The van der Waals surface area contributed by atoms with Crippen molar-refractivity contribution >= 4 is 5.91 Å². The first-order chi connectivity index (χ1) is 13.2. The van der Waals surface area contributed by atoms with Gasteiger partial charge in [-0.15, -0.1) is 0 Å². The van der Waals surface area contributed by atoms with Crippen LogP contribution in [0.5, 0.6) is 0 Å². The standard InChI is InChI=1S/C22H29NO4/c24-13-15-5-7-16(8-6-15)14-26-21-12-18(17-9-10-17)11-20(27-21)22(25)23-19-3-1-2-4-19/h5-8,11,17-19,21,24H,1-4,9-10,12-14H2,(H,23,25)/t18-,21+/m1/s1. The molecular formula is C22H29NO4. The molecule has 0 saturated heterocycles. The summed E-state index contributed by atoms with van der Waals surface area (Å²) in [6, 6.07) is 7.99. The molecule has 3 aliphatic rings. The van der Waals surface area contributed by atoms with Gasteiger partial charge >= 0.3 is 0 Å². The number of aliphatic hydroxyl groups is 1. The molecule has 0 aromatic heterocycles. The van der Waals surface area contributed by atoms with Gasteiger partial charge in [0.05, 0.1) is 13.2 Å². The van der Waals surface area contributed by atoms with Crippen molar-refractivity contribution in [2.45, 2.75) is 70.5 Å². The predicted molar refractivity (Wildman–Crippen MR) is 101 cm³/mol. The molecule has 1 aliphatic heterocycles. The summed E-state index contributed by atoms with van der Waals surface area (Å²) in [7, 11) is 0. The van der Waals surface area contributed by atoms with E-state index < -0.39 is 0 Å². The van der Waals surface area contributed by atoms with Crippen LogP contribution in [-0.2, 0) is 27.5 Å². The van der Waals surface area contributed by atoms with Gasteiger partial charge in [-0.1, -0.05) is 37.1 Å². The molecule has 5 nitrogen and oxygen atoms in total. The minimum absolute atomic E-state index is 0.0419. The van der Waals surface area contributed by atoms with Crippen molar-refractivity contribution in [2.24, 2.45) is 11.8 Å². The van der Waals surface area contributed by atoms with Crippen LogP contribution in [0.2, 0.25) is 0 Å². The third kappa shape index (κ3) is 4.90. The lowest BCUT2D eigenvalue weighted by atomic mass is 9.96. The molecule has 0 bridgehead atoms. The number of hydrogen-bond donors (Lipinski definition) is 2. The lowest BCUT2D eigenvalue weighted by molar-refractivity contribution is -0.154. The smallest absolute Gasteiger partial charge is 0.286 e. The second-order valence-corrected chi connectivity index (χ2v) is 8.06. The first-order valence-electron chi connectivity index (χ1n) is 10.2. The van der Waals surface area contributed by atoms with Crippen LogP contribution in [-0.4, -0.2) is 23.3 Å². The Morgan fingerprint density at radius 2 is 1.81 bits per heavy atom. The number of rotatable bonds is 7. The first kappa shape index (κ1) is 18.5. The number of amides is 1. The number of hydrogen-bond acceptors (Lipinski definition) is 4. The van der Waals surface area contributed by atoms with Crippen LogP contribution in [0, 0.1) is 11.8 Å². The lowest BCUT2D eigenvalue weighted by Crippen LogP contribution is -2.37. The molecule has 2 N–H and O–H groups in total. The van der Waals surface area contributed by atoms with Crippen LogP contribution in [0.3, 0.4) is 0 Å². The summed E-state index contributed by atoms with van der Waals surface area (Å²) in [5.74, 6) is 1.38. The minimum atomic E-state index is -0.387. The van der Waals surface area contributed by atoms with Gasteiger partial charge in [0.2, 0.25) is 6.29 Å². The molecule has 0 spiro atoms. The summed E-state index contributed by atoms with van der Waals surface area (Å²) in [5, 5.41) is 12.3. The summed E-state index contributed by atoms with van der Waals surface area (Å²) in [4.78, 5) is 12.6. The van der Waals surface area contributed by atoms with Crippen LogP contribution < -0.4 is 5.32 Å². The third-order valence-corrected chi connectivity index (χ3v) is 5.87. The van der Waals surface area contributed by atoms with Gasteiger partial charge in [-0.3, -0.25) is 4.79 Å². The van der Waals surface area contributed by atoms with Gasteiger partial charge in [-0.05, 0) is 54.7 Å². The number of ether oxygens (including phenoxy) is 2. The van der Waals surface area contributed by atoms with Crippen LogP contribution in [0.25, 0.3) is 0 Å². The first-order valence-corrected chi connectivity index (χ1v) is 10.2. The lowest BCUT2D eigenvalue weighted by Gasteiger charge is -2.29. The fourth-order valence-electron chi connectivity index (χ4n) is 4.05. The fraction of sp³-hybridized carbons (Fsp3) is 0.591. The number of aliphatic hydroxyl groups excluding tert-OH is 1.